The van der Waals surface area contributed by atoms with Gasteiger partial charge in [0.1, 0.15) is 10.6 Å². The summed E-state index contributed by atoms with van der Waals surface area (Å²) >= 11 is 7.32. The van der Waals surface area contributed by atoms with Crippen LogP contribution in [-0.4, -0.2) is 24.4 Å². The number of imide groups is 1. The summed E-state index contributed by atoms with van der Waals surface area (Å²) in [6.07, 6.45) is 0. The number of esters is 1. The van der Waals surface area contributed by atoms with Gasteiger partial charge in [0.15, 0.2) is 0 Å². The zero-order valence-corrected chi connectivity index (χ0v) is 20.1. The monoisotopic (exact) mass is 492 g/mol. The average molecular weight is 493 g/mol. The van der Waals surface area contributed by atoms with Crippen molar-refractivity contribution in [1.82, 2.24) is 0 Å². The number of amides is 2. The maximum absolute atomic E-state index is 13.4. The molecule has 1 aliphatic rings. The molecule has 0 unspecified atom stereocenters. The largest absolute Gasteiger partial charge is 0.462 e. The predicted octanol–water partition coefficient (Wildman–Crippen LogP) is 5.81. The molecular formula is C26H21ClN2O4S. The first-order chi connectivity index (χ1) is 16.4. The van der Waals surface area contributed by atoms with Crippen molar-refractivity contribution in [2.24, 2.45) is 0 Å². The molecule has 6 nitrogen and oxygen atoms in total. The van der Waals surface area contributed by atoms with Crippen LogP contribution in [0.4, 0.5) is 11.4 Å². The number of anilines is 2. The summed E-state index contributed by atoms with van der Waals surface area (Å²) < 4.78 is 5.00. The van der Waals surface area contributed by atoms with Gasteiger partial charge in [0.25, 0.3) is 11.8 Å². The quantitative estimate of drug-likeness (QED) is 0.331. The van der Waals surface area contributed by atoms with Crippen molar-refractivity contribution in [2.75, 3.05) is 16.8 Å². The first-order valence-corrected chi connectivity index (χ1v) is 11.7. The predicted molar refractivity (Wildman–Crippen MR) is 134 cm³/mol. The van der Waals surface area contributed by atoms with E-state index in [1.54, 1.807) is 43.3 Å². The van der Waals surface area contributed by atoms with Crippen LogP contribution >= 0.6 is 23.4 Å². The number of benzene rings is 3. The minimum atomic E-state index is -0.497. The number of hydrogen-bond acceptors (Lipinski definition) is 6. The van der Waals surface area contributed by atoms with E-state index in [1.807, 2.05) is 31.2 Å². The number of carbonyl (C=O) groups excluding carboxylic acids is 3. The fourth-order valence-corrected chi connectivity index (χ4v) is 4.46. The van der Waals surface area contributed by atoms with Gasteiger partial charge in [0.2, 0.25) is 0 Å². The summed E-state index contributed by atoms with van der Waals surface area (Å²) in [5, 5.41) is 3.58. The molecule has 3 aromatic rings. The molecule has 3 aromatic carbocycles. The van der Waals surface area contributed by atoms with Crippen molar-refractivity contribution in [3.63, 3.8) is 0 Å². The van der Waals surface area contributed by atoms with Gasteiger partial charge in [-0.05, 0) is 68.4 Å². The van der Waals surface area contributed by atoms with Crippen molar-refractivity contribution in [1.29, 1.82) is 0 Å². The molecule has 0 saturated heterocycles. The molecular weight excluding hydrogens is 472 g/mol. The van der Waals surface area contributed by atoms with Crippen LogP contribution in [0.15, 0.2) is 88.3 Å². The molecule has 1 N–H and O–H groups in total. The number of nitrogens with zero attached hydrogens (tertiary/aromatic N) is 1. The lowest BCUT2D eigenvalue weighted by Gasteiger charge is -2.15. The minimum absolute atomic E-state index is 0.160. The van der Waals surface area contributed by atoms with E-state index < -0.39 is 17.8 Å². The molecule has 0 fully saturated rings. The number of hydrogen-bond donors (Lipinski definition) is 1. The van der Waals surface area contributed by atoms with Crippen LogP contribution in [0.3, 0.4) is 0 Å². The highest BCUT2D eigenvalue weighted by Crippen LogP contribution is 2.38. The molecule has 0 saturated carbocycles. The Labute approximate surface area is 206 Å². The van der Waals surface area contributed by atoms with E-state index in [-0.39, 0.29) is 17.2 Å². The van der Waals surface area contributed by atoms with Crippen LogP contribution in [0.2, 0.25) is 5.02 Å². The van der Waals surface area contributed by atoms with Gasteiger partial charge in [-0.3, -0.25) is 9.59 Å². The molecule has 0 aromatic heterocycles. The fraction of sp³-hybridized carbons (Fsp3) is 0.115. The van der Waals surface area contributed by atoms with Gasteiger partial charge in [0, 0.05) is 15.6 Å². The summed E-state index contributed by atoms with van der Waals surface area (Å²) in [6.45, 7) is 3.96. The molecule has 0 spiro atoms. The van der Waals surface area contributed by atoms with E-state index in [0.29, 0.717) is 22.0 Å². The van der Waals surface area contributed by atoms with Gasteiger partial charge in [-0.25, -0.2) is 9.69 Å². The number of ether oxygens (including phenoxy) is 1. The lowest BCUT2D eigenvalue weighted by molar-refractivity contribution is -0.120. The second-order valence-corrected chi connectivity index (χ2v) is 8.99. The third-order valence-corrected chi connectivity index (χ3v) is 6.34. The fourth-order valence-electron chi connectivity index (χ4n) is 3.34. The number of aryl methyl sites for hydroxylation is 1. The first-order valence-electron chi connectivity index (χ1n) is 10.5. The molecule has 4 rings (SSSR count). The lowest BCUT2D eigenvalue weighted by atomic mass is 10.2. The van der Waals surface area contributed by atoms with Gasteiger partial charge < -0.3 is 10.1 Å². The highest BCUT2D eigenvalue weighted by molar-refractivity contribution is 8.04. The van der Waals surface area contributed by atoms with Crippen molar-refractivity contribution in [3.05, 3.63) is 99.5 Å². The van der Waals surface area contributed by atoms with E-state index in [9.17, 15) is 14.4 Å². The Hall–Kier alpha value is -3.55. The number of rotatable bonds is 7. The average Bonchev–Trinajstić information content (AvgIpc) is 3.04. The summed E-state index contributed by atoms with van der Waals surface area (Å²) in [7, 11) is 0. The highest BCUT2D eigenvalue weighted by Gasteiger charge is 2.40. The summed E-state index contributed by atoms with van der Waals surface area (Å²) in [4.78, 5) is 41.0. The standard InChI is InChI=1S/C26H21ClN2O4S/c1-3-33-26(32)17-9-11-20(12-10-17)29-24(30)22(28-19-6-4-5-18(27)15-19)23(25(29)31)34-21-13-7-16(2)8-14-21/h4-15,28H,3H2,1-2H3. The van der Waals surface area contributed by atoms with Crippen molar-refractivity contribution < 1.29 is 19.1 Å². The van der Waals surface area contributed by atoms with Gasteiger partial charge in [-0.1, -0.05) is 47.1 Å². The second-order valence-electron chi connectivity index (χ2n) is 7.47. The Morgan fingerprint density at radius 1 is 1.00 bits per heavy atom. The molecule has 1 aliphatic heterocycles. The topological polar surface area (TPSA) is 75.7 Å². The van der Waals surface area contributed by atoms with Crippen LogP contribution in [0.1, 0.15) is 22.8 Å². The summed E-state index contributed by atoms with van der Waals surface area (Å²) in [6, 6.07) is 20.8. The molecule has 0 bridgehead atoms. The van der Waals surface area contributed by atoms with Gasteiger partial charge in [-0.2, -0.15) is 0 Å². The Morgan fingerprint density at radius 2 is 1.71 bits per heavy atom. The van der Waals surface area contributed by atoms with E-state index >= 15 is 0 Å². The molecule has 0 radical (unpaired) electrons. The van der Waals surface area contributed by atoms with Gasteiger partial charge in [0.05, 0.1) is 17.9 Å². The molecule has 0 aliphatic carbocycles. The number of nitrogens with one attached hydrogen (secondary N) is 1. The van der Waals surface area contributed by atoms with Crippen molar-refractivity contribution in [2.45, 2.75) is 18.7 Å². The molecule has 172 valence electrons. The van der Waals surface area contributed by atoms with Gasteiger partial charge >= 0.3 is 5.97 Å². The van der Waals surface area contributed by atoms with Crippen LogP contribution in [-0.2, 0) is 14.3 Å². The zero-order valence-electron chi connectivity index (χ0n) is 18.5. The van der Waals surface area contributed by atoms with Gasteiger partial charge in [-0.15, -0.1) is 0 Å². The van der Waals surface area contributed by atoms with E-state index in [1.165, 1.54) is 23.9 Å². The SMILES string of the molecule is CCOC(=O)c1ccc(N2C(=O)C(Nc3cccc(Cl)c3)=C(Sc3ccc(C)cc3)C2=O)cc1. The third kappa shape index (κ3) is 5.00. The summed E-state index contributed by atoms with van der Waals surface area (Å²) in [5.74, 6) is -1.42. The molecule has 34 heavy (non-hydrogen) atoms. The second kappa shape index (κ2) is 10.2. The van der Waals surface area contributed by atoms with Crippen LogP contribution in [0, 0.1) is 6.92 Å². The van der Waals surface area contributed by atoms with Crippen molar-refractivity contribution in [3.8, 4) is 0 Å². The minimum Gasteiger partial charge on any atom is -0.462 e. The third-order valence-electron chi connectivity index (χ3n) is 5.01. The number of halogens is 1. The maximum Gasteiger partial charge on any atom is 0.338 e. The lowest BCUT2D eigenvalue weighted by Crippen LogP contribution is -2.32. The van der Waals surface area contributed by atoms with Crippen LogP contribution in [0.5, 0.6) is 0 Å². The molecule has 0 atom stereocenters. The summed E-state index contributed by atoms with van der Waals surface area (Å²) in [5.41, 5.74) is 2.53. The highest BCUT2D eigenvalue weighted by atomic mass is 35.5. The van der Waals surface area contributed by atoms with Crippen molar-refractivity contribution >= 4 is 52.5 Å². The Morgan fingerprint density at radius 3 is 2.35 bits per heavy atom. The Kier molecular flexibility index (Phi) is 7.05. The molecule has 1 heterocycles. The Bertz CT molecular complexity index is 1290. The van der Waals surface area contributed by atoms with E-state index in [4.69, 9.17) is 16.3 Å². The normalized spacial score (nSPS) is 13.4. The smallest absolute Gasteiger partial charge is 0.338 e. The van der Waals surface area contributed by atoms with E-state index in [0.717, 1.165) is 15.4 Å². The number of thioether (sulfide) groups is 1. The Balaban J connectivity index is 1.69. The van der Waals surface area contributed by atoms with Crippen LogP contribution < -0.4 is 10.2 Å². The zero-order chi connectivity index (χ0) is 24.2. The van der Waals surface area contributed by atoms with Crippen LogP contribution in [0.25, 0.3) is 0 Å². The maximum atomic E-state index is 13.4. The van der Waals surface area contributed by atoms with E-state index in [2.05, 4.69) is 5.32 Å². The first kappa shape index (κ1) is 23.6. The molecule has 2 amide bonds. The number of carbonyl (C=O) groups is 3. The molecule has 8 heteroatoms.